The van der Waals surface area contributed by atoms with Gasteiger partial charge in [0.05, 0.1) is 29.5 Å². The Morgan fingerprint density at radius 3 is 2.45 bits per heavy atom. The van der Waals surface area contributed by atoms with Gasteiger partial charge in [-0.25, -0.2) is 9.97 Å². The number of aromatic nitrogens is 2. The number of anilines is 1. The molecule has 1 unspecified atom stereocenters. The van der Waals surface area contributed by atoms with Gasteiger partial charge in [0.15, 0.2) is 0 Å². The van der Waals surface area contributed by atoms with Crippen molar-refractivity contribution in [2.75, 3.05) is 18.0 Å². The molecule has 0 radical (unpaired) electrons. The molecule has 1 N–H and O–H groups in total. The van der Waals surface area contributed by atoms with Gasteiger partial charge < -0.3 is 10.2 Å². The standard InChI is InChI=1S/C17H18N4O/c22-16-17(6-8-18-9-7-17)15(13-4-2-1-3-5-13)21(16)14-10-19-12-20-11-14/h1-5,10-12,15,18H,6-9H2. The number of carbonyl (C=O) groups excluding carboxylic acids is 1. The Balaban J connectivity index is 1.77. The van der Waals surface area contributed by atoms with Gasteiger partial charge in [-0.1, -0.05) is 30.3 Å². The van der Waals surface area contributed by atoms with Gasteiger partial charge in [0.2, 0.25) is 5.91 Å². The number of nitrogens with one attached hydrogen (secondary N) is 1. The predicted molar refractivity (Wildman–Crippen MR) is 83.2 cm³/mol. The van der Waals surface area contributed by atoms with Crippen molar-refractivity contribution in [3.8, 4) is 0 Å². The molecule has 1 atom stereocenters. The molecule has 2 saturated heterocycles. The third-order valence-electron chi connectivity index (χ3n) is 4.86. The van der Waals surface area contributed by atoms with Gasteiger partial charge in [0.1, 0.15) is 6.33 Å². The van der Waals surface area contributed by atoms with E-state index < -0.39 is 0 Å². The summed E-state index contributed by atoms with van der Waals surface area (Å²) in [6.07, 6.45) is 6.69. The molecule has 2 aromatic rings. The molecule has 5 heteroatoms. The zero-order valence-electron chi connectivity index (χ0n) is 12.3. The molecule has 1 aromatic carbocycles. The van der Waals surface area contributed by atoms with E-state index in [0.717, 1.165) is 31.6 Å². The van der Waals surface area contributed by atoms with E-state index in [1.807, 2.05) is 23.1 Å². The van der Waals surface area contributed by atoms with Crippen LogP contribution >= 0.6 is 0 Å². The average Bonchev–Trinajstić information content (AvgIpc) is 2.61. The number of rotatable bonds is 2. The SMILES string of the molecule is O=C1N(c2cncnc2)C(c2ccccc2)C12CCNCC2. The zero-order valence-corrected chi connectivity index (χ0v) is 12.3. The lowest BCUT2D eigenvalue weighted by atomic mass is 9.62. The van der Waals surface area contributed by atoms with Crippen LogP contribution in [-0.4, -0.2) is 29.0 Å². The minimum Gasteiger partial charge on any atom is -0.317 e. The Bertz CT molecular complexity index is 668. The number of carbonyl (C=O) groups is 1. The van der Waals surface area contributed by atoms with Gasteiger partial charge in [-0.3, -0.25) is 4.79 Å². The monoisotopic (exact) mass is 294 g/mol. The van der Waals surface area contributed by atoms with Crippen molar-refractivity contribution in [1.82, 2.24) is 15.3 Å². The second-order valence-electron chi connectivity index (χ2n) is 5.99. The Morgan fingerprint density at radius 2 is 1.77 bits per heavy atom. The molecule has 2 aliphatic rings. The minimum absolute atomic E-state index is 0.0781. The highest BCUT2D eigenvalue weighted by atomic mass is 16.2. The van der Waals surface area contributed by atoms with Crippen molar-refractivity contribution in [1.29, 1.82) is 0 Å². The summed E-state index contributed by atoms with van der Waals surface area (Å²) in [7, 11) is 0. The van der Waals surface area contributed by atoms with Gasteiger partial charge in [-0.05, 0) is 31.5 Å². The Morgan fingerprint density at radius 1 is 1.09 bits per heavy atom. The fraction of sp³-hybridized carbons (Fsp3) is 0.353. The van der Waals surface area contributed by atoms with Crippen molar-refractivity contribution in [3.05, 3.63) is 54.6 Å². The third kappa shape index (κ3) is 1.85. The summed E-state index contributed by atoms with van der Waals surface area (Å²) in [5.74, 6) is 0.206. The number of piperidine rings is 1. The lowest BCUT2D eigenvalue weighted by Crippen LogP contribution is -2.66. The van der Waals surface area contributed by atoms with E-state index in [1.54, 1.807) is 12.4 Å². The maximum atomic E-state index is 13.0. The minimum atomic E-state index is -0.275. The van der Waals surface area contributed by atoms with Gasteiger partial charge in [-0.2, -0.15) is 0 Å². The first-order chi connectivity index (χ1) is 10.8. The van der Waals surface area contributed by atoms with Gasteiger partial charge in [0.25, 0.3) is 0 Å². The molecule has 0 bridgehead atoms. The molecule has 0 aliphatic carbocycles. The topological polar surface area (TPSA) is 58.1 Å². The van der Waals surface area contributed by atoms with Crippen LogP contribution in [0.3, 0.4) is 0 Å². The first-order valence-electron chi connectivity index (χ1n) is 7.67. The maximum absolute atomic E-state index is 13.0. The fourth-order valence-electron chi connectivity index (χ4n) is 3.80. The Labute approximate surface area is 129 Å². The average molecular weight is 294 g/mol. The first-order valence-corrected chi connectivity index (χ1v) is 7.67. The molecule has 22 heavy (non-hydrogen) atoms. The highest BCUT2D eigenvalue weighted by Crippen LogP contribution is 2.56. The summed E-state index contributed by atoms with van der Waals surface area (Å²) >= 11 is 0. The molecule has 2 fully saturated rings. The Hall–Kier alpha value is -2.27. The molecular weight excluding hydrogens is 276 g/mol. The lowest BCUT2D eigenvalue weighted by molar-refractivity contribution is -0.142. The van der Waals surface area contributed by atoms with Gasteiger partial charge in [-0.15, -0.1) is 0 Å². The first kappa shape index (κ1) is 13.4. The van der Waals surface area contributed by atoms with E-state index in [4.69, 9.17) is 0 Å². The van der Waals surface area contributed by atoms with Crippen molar-refractivity contribution in [2.24, 2.45) is 5.41 Å². The molecule has 4 rings (SSSR count). The summed E-state index contributed by atoms with van der Waals surface area (Å²) in [5, 5.41) is 3.36. The summed E-state index contributed by atoms with van der Waals surface area (Å²) in [4.78, 5) is 23.0. The summed E-state index contributed by atoms with van der Waals surface area (Å²) in [5.41, 5.74) is 1.70. The summed E-state index contributed by atoms with van der Waals surface area (Å²) in [6, 6.07) is 10.4. The van der Waals surface area contributed by atoms with Gasteiger partial charge in [0, 0.05) is 0 Å². The molecule has 112 valence electrons. The molecular formula is C17H18N4O. The number of hydrogen-bond acceptors (Lipinski definition) is 4. The molecule has 0 saturated carbocycles. The lowest BCUT2D eigenvalue weighted by Gasteiger charge is -2.57. The van der Waals surface area contributed by atoms with Crippen LogP contribution in [0.25, 0.3) is 0 Å². The van der Waals surface area contributed by atoms with E-state index in [9.17, 15) is 4.79 Å². The van der Waals surface area contributed by atoms with E-state index in [-0.39, 0.29) is 17.4 Å². The van der Waals surface area contributed by atoms with E-state index >= 15 is 0 Å². The van der Waals surface area contributed by atoms with E-state index in [2.05, 4.69) is 27.4 Å². The van der Waals surface area contributed by atoms with Crippen molar-refractivity contribution in [2.45, 2.75) is 18.9 Å². The molecule has 1 spiro atoms. The largest absolute Gasteiger partial charge is 0.317 e. The van der Waals surface area contributed by atoms with Crippen molar-refractivity contribution >= 4 is 11.6 Å². The number of amides is 1. The summed E-state index contributed by atoms with van der Waals surface area (Å²) in [6.45, 7) is 1.79. The van der Waals surface area contributed by atoms with Crippen LogP contribution in [0.15, 0.2) is 49.1 Å². The van der Waals surface area contributed by atoms with Crippen LogP contribution in [0, 0.1) is 5.41 Å². The second kappa shape index (κ2) is 5.18. The van der Waals surface area contributed by atoms with E-state index in [0.29, 0.717) is 0 Å². The summed E-state index contributed by atoms with van der Waals surface area (Å²) < 4.78 is 0. The number of nitrogens with zero attached hydrogens (tertiary/aromatic N) is 3. The molecule has 1 amide bonds. The maximum Gasteiger partial charge on any atom is 0.236 e. The number of β-lactam (4-membered cyclic amide) rings is 1. The third-order valence-corrected chi connectivity index (χ3v) is 4.86. The second-order valence-corrected chi connectivity index (χ2v) is 5.99. The van der Waals surface area contributed by atoms with Crippen molar-refractivity contribution < 1.29 is 4.79 Å². The fourth-order valence-corrected chi connectivity index (χ4v) is 3.80. The van der Waals surface area contributed by atoms with Crippen LogP contribution in [0.5, 0.6) is 0 Å². The molecule has 2 aliphatic heterocycles. The smallest absolute Gasteiger partial charge is 0.236 e. The molecule has 1 aromatic heterocycles. The zero-order chi connectivity index (χ0) is 15.0. The van der Waals surface area contributed by atoms with E-state index in [1.165, 1.54) is 11.9 Å². The van der Waals surface area contributed by atoms with Crippen LogP contribution in [-0.2, 0) is 4.79 Å². The van der Waals surface area contributed by atoms with Crippen LogP contribution in [0.2, 0.25) is 0 Å². The number of benzene rings is 1. The quantitative estimate of drug-likeness (QED) is 0.860. The van der Waals surface area contributed by atoms with Crippen LogP contribution in [0.4, 0.5) is 5.69 Å². The van der Waals surface area contributed by atoms with Crippen LogP contribution in [0.1, 0.15) is 24.4 Å². The van der Waals surface area contributed by atoms with Crippen molar-refractivity contribution in [3.63, 3.8) is 0 Å². The predicted octanol–water partition coefficient (Wildman–Crippen LogP) is 1.93. The Kier molecular flexibility index (Phi) is 3.15. The highest BCUT2D eigenvalue weighted by molar-refractivity contribution is 6.06. The molecule has 3 heterocycles. The normalized spacial score (nSPS) is 23.4. The molecule has 5 nitrogen and oxygen atoms in total. The van der Waals surface area contributed by atoms with Gasteiger partial charge >= 0.3 is 0 Å². The highest BCUT2D eigenvalue weighted by Gasteiger charge is 2.61. The number of hydrogen-bond donors (Lipinski definition) is 1. The van der Waals surface area contributed by atoms with Crippen LogP contribution < -0.4 is 10.2 Å².